The summed E-state index contributed by atoms with van der Waals surface area (Å²) >= 11 is 0. The minimum absolute atomic E-state index is 0.0338. The quantitative estimate of drug-likeness (QED) is 0.831. The molecule has 1 aliphatic heterocycles. The highest BCUT2D eigenvalue weighted by atomic mass is 16.4. The number of aliphatic carboxylic acids is 1. The number of likely N-dealkylation sites (tertiary alicyclic amines) is 1. The molecule has 1 heterocycles. The van der Waals surface area contributed by atoms with Gasteiger partial charge in [-0.2, -0.15) is 0 Å². The van der Waals surface area contributed by atoms with Crippen LogP contribution in [0.25, 0.3) is 0 Å². The molecule has 0 bridgehead atoms. The first-order chi connectivity index (χ1) is 8.99. The molecule has 5 nitrogen and oxygen atoms in total. The monoisotopic (exact) mass is 268 g/mol. The Balaban J connectivity index is 1.85. The molecular weight excluding hydrogens is 244 g/mol. The average molecular weight is 268 g/mol. The van der Waals surface area contributed by atoms with Crippen molar-refractivity contribution >= 4 is 11.9 Å². The predicted octanol–water partition coefficient (Wildman–Crippen LogP) is 1.04. The van der Waals surface area contributed by atoms with Gasteiger partial charge in [-0.1, -0.05) is 0 Å². The molecule has 1 atom stereocenters. The van der Waals surface area contributed by atoms with Crippen LogP contribution in [0.15, 0.2) is 0 Å². The molecule has 0 aromatic carbocycles. The molecule has 1 saturated heterocycles. The normalized spacial score (nSPS) is 32.2. The lowest BCUT2D eigenvalue weighted by molar-refractivity contribution is -0.145. The first-order valence-electron chi connectivity index (χ1n) is 7.17. The number of carboxylic acid groups (broad SMARTS) is 1. The van der Waals surface area contributed by atoms with Gasteiger partial charge in [0.05, 0.1) is 5.92 Å². The third kappa shape index (κ3) is 3.26. The molecule has 1 unspecified atom stereocenters. The number of carboxylic acids is 1. The second-order valence-corrected chi connectivity index (χ2v) is 6.04. The number of carbonyl (C=O) groups excluding carboxylic acids is 1. The minimum atomic E-state index is -0.711. The van der Waals surface area contributed by atoms with E-state index in [1.54, 1.807) is 0 Å². The molecule has 108 valence electrons. The fourth-order valence-electron chi connectivity index (χ4n) is 3.28. The van der Waals surface area contributed by atoms with Crippen molar-refractivity contribution in [3.8, 4) is 0 Å². The Labute approximate surface area is 114 Å². The van der Waals surface area contributed by atoms with Gasteiger partial charge in [-0.15, -0.1) is 0 Å². The third-order valence-electron chi connectivity index (χ3n) is 4.69. The number of hydrogen-bond donors (Lipinski definition) is 1. The van der Waals surface area contributed by atoms with Crippen LogP contribution in [0.5, 0.6) is 0 Å². The van der Waals surface area contributed by atoms with Crippen molar-refractivity contribution in [1.29, 1.82) is 0 Å². The van der Waals surface area contributed by atoms with Crippen LogP contribution in [-0.4, -0.2) is 60.0 Å². The van der Waals surface area contributed by atoms with E-state index >= 15 is 0 Å². The Morgan fingerprint density at radius 3 is 2.16 bits per heavy atom. The standard InChI is InChI=1S/C14H24N2O3/c1-15-8-7-12(9-15)16(2)13(17)10-3-5-11(6-4-10)14(18)19/h10-12H,3-9H2,1-2H3,(H,18,19). The highest BCUT2D eigenvalue weighted by Gasteiger charge is 2.34. The van der Waals surface area contributed by atoms with E-state index in [0.717, 1.165) is 32.4 Å². The Hall–Kier alpha value is -1.10. The molecule has 1 amide bonds. The van der Waals surface area contributed by atoms with E-state index in [0.29, 0.717) is 18.9 Å². The first kappa shape index (κ1) is 14.3. The van der Waals surface area contributed by atoms with Crippen molar-refractivity contribution < 1.29 is 14.7 Å². The lowest BCUT2D eigenvalue weighted by Crippen LogP contribution is -2.43. The molecule has 1 N–H and O–H groups in total. The topological polar surface area (TPSA) is 60.9 Å². The van der Waals surface area contributed by atoms with E-state index in [4.69, 9.17) is 5.11 Å². The fraction of sp³-hybridized carbons (Fsp3) is 0.857. The summed E-state index contributed by atoms with van der Waals surface area (Å²) in [6.07, 6.45) is 3.78. The zero-order chi connectivity index (χ0) is 14.0. The lowest BCUT2D eigenvalue weighted by atomic mass is 9.81. The number of hydrogen-bond acceptors (Lipinski definition) is 3. The van der Waals surface area contributed by atoms with E-state index < -0.39 is 5.97 Å². The fourth-order valence-corrected chi connectivity index (χ4v) is 3.28. The van der Waals surface area contributed by atoms with Crippen molar-refractivity contribution in [2.24, 2.45) is 11.8 Å². The van der Waals surface area contributed by atoms with Crippen molar-refractivity contribution in [3.63, 3.8) is 0 Å². The molecule has 1 aliphatic carbocycles. The molecule has 0 spiro atoms. The zero-order valence-corrected chi connectivity index (χ0v) is 11.8. The summed E-state index contributed by atoms with van der Waals surface area (Å²) in [5.41, 5.74) is 0. The van der Waals surface area contributed by atoms with Crippen molar-refractivity contribution in [3.05, 3.63) is 0 Å². The maximum absolute atomic E-state index is 12.4. The highest BCUT2D eigenvalue weighted by molar-refractivity contribution is 5.79. The molecule has 2 aliphatic rings. The van der Waals surface area contributed by atoms with Gasteiger partial charge in [-0.25, -0.2) is 0 Å². The first-order valence-corrected chi connectivity index (χ1v) is 7.17. The summed E-state index contributed by atoms with van der Waals surface area (Å²) in [5.74, 6) is -0.709. The van der Waals surface area contributed by atoms with Gasteiger partial charge in [0.15, 0.2) is 0 Å². The smallest absolute Gasteiger partial charge is 0.306 e. The second-order valence-electron chi connectivity index (χ2n) is 6.04. The van der Waals surface area contributed by atoms with Crippen molar-refractivity contribution in [1.82, 2.24) is 9.80 Å². The summed E-state index contributed by atoms with van der Waals surface area (Å²) in [4.78, 5) is 27.5. The van der Waals surface area contributed by atoms with Crippen LogP contribution in [0.3, 0.4) is 0 Å². The predicted molar refractivity (Wildman–Crippen MR) is 71.8 cm³/mol. The summed E-state index contributed by atoms with van der Waals surface area (Å²) in [7, 11) is 3.98. The third-order valence-corrected chi connectivity index (χ3v) is 4.69. The van der Waals surface area contributed by atoms with Gasteiger partial charge in [-0.05, 0) is 45.7 Å². The van der Waals surface area contributed by atoms with Crippen molar-refractivity contribution in [2.75, 3.05) is 27.2 Å². The molecule has 19 heavy (non-hydrogen) atoms. The minimum Gasteiger partial charge on any atom is -0.481 e. The van der Waals surface area contributed by atoms with E-state index in [1.165, 1.54) is 0 Å². The van der Waals surface area contributed by atoms with Crippen LogP contribution < -0.4 is 0 Å². The molecular formula is C14H24N2O3. The maximum atomic E-state index is 12.4. The molecule has 2 rings (SSSR count). The van der Waals surface area contributed by atoms with Crippen LogP contribution in [0.2, 0.25) is 0 Å². The van der Waals surface area contributed by atoms with E-state index in [1.807, 2.05) is 11.9 Å². The Morgan fingerprint density at radius 1 is 1.11 bits per heavy atom. The number of amides is 1. The van der Waals surface area contributed by atoms with Crippen LogP contribution in [0.1, 0.15) is 32.1 Å². The van der Waals surface area contributed by atoms with Crippen LogP contribution >= 0.6 is 0 Å². The SMILES string of the molecule is CN1CCC(N(C)C(=O)C2CCC(C(=O)O)CC2)C1. The molecule has 5 heteroatoms. The molecule has 0 radical (unpaired) electrons. The lowest BCUT2D eigenvalue weighted by Gasteiger charge is -2.32. The maximum Gasteiger partial charge on any atom is 0.306 e. The molecule has 0 aromatic heterocycles. The van der Waals surface area contributed by atoms with Crippen LogP contribution in [0.4, 0.5) is 0 Å². The van der Waals surface area contributed by atoms with Gasteiger partial charge in [-0.3, -0.25) is 9.59 Å². The average Bonchev–Trinajstić information content (AvgIpc) is 2.84. The summed E-state index contributed by atoms with van der Waals surface area (Å²) in [5, 5.41) is 8.97. The molecule has 0 aromatic rings. The Kier molecular flexibility index (Phi) is 4.45. The highest BCUT2D eigenvalue weighted by Crippen LogP contribution is 2.30. The second kappa shape index (κ2) is 5.90. The van der Waals surface area contributed by atoms with Gasteiger partial charge >= 0.3 is 5.97 Å². The van der Waals surface area contributed by atoms with Crippen LogP contribution in [0, 0.1) is 11.8 Å². The Morgan fingerprint density at radius 2 is 1.68 bits per heavy atom. The number of nitrogens with zero attached hydrogens (tertiary/aromatic N) is 2. The van der Waals surface area contributed by atoms with E-state index in [9.17, 15) is 9.59 Å². The van der Waals surface area contributed by atoms with E-state index in [2.05, 4.69) is 11.9 Å². The molecule has 1 saturated carbocycles. The Bertz CT molecular complexity index is 351. The molecule has 2 fully saturated rings. The van der Waals surface area contributed by atoms with Gasteiger partial charge in [0.2, 0.25) is 5.91 Å². The number of carbonyl (C=O) groups is 2. The van der Waals surface area contributed by atoms with Gasteiger partial charge in [0.25, 0.3) is 0 Å². The number of rotatable bonds is 3. The summed E-state index contributed by atoms with van der Waals surface area (Å²) in [6.45, 7) is 2.00. The van der Waals surface area contributed by atoms with Gasteiger partial charge < -0.3 is 14.9 Å². The van der Waals surface area contributed by atoms with Gasteiger partial charge in [0, 0.05) is 25.6 Å². The van der Waals surface area contributed by atoms with Crippen LogP contribution in [-0.2, 0) is 9.59 Å². The summed E-state index contributed by atoms with van der Waals surface area (Å²) in [6, 6.07) is 0.328. The number of likely N-dealkylation sites (N-methyl/N-ethyl adjacent to an activating group) is 2. The van der Waals surface area contributed by atoms with Gasteiger partial charge in [0.1, 0.15) is 0 Å². The summed E-state index contributed by atoms with van der Waals surface area (Å²) < 4.78 is 0. The van der Waals surface area contributed by atoms with Crippen molar-refractivity contribution in [2.45, 2.75) is 38.1 Å². The van der Waals surface area contributed by atoms with E-state index in [-0.39, 0.29) is 17.7 Å². The zero-order valence-electron chi connectivity index (χ0n) is 11.8. The largest absolute Gasteiger partial charge is 0.481 e.